The Bertz CT molecular complexity index is 620. The van der Waals surface area contributed by atoms with Crippen LogP contribution in [-0.2, 0) is 9.53 Å². The number of nitrogens with one attached hydrogen (secondary N) is 1. The third-order valence-electron chi connectivity index (χ3n) is 5.25. The van der Waals surface area contributed by atoms with Crippen molar-refractivity contribution in [3.05, 3.63) is 29.8 Å². The molecule has 0 bridgehead atoms. The average molecular weight is 360 g/mol. The summed E-state index contributed by atoms with van der Waals surface area (Å²) in [6, 6.07) is 7.20. The second-order valence-corrected chi connectivity index (χ2v) is 7.03. The van der Waals surface area contributed by atoms with Crippen LogP contribution in [-0.4, -0.2) is 56.2 Å². The van der Waals surface area contributed by atoms with Gasteiger partial charge in [-0.25, -0.2) is 0 Å². The zero-order valence-electron chi connectivity index (χ0n) is 15.4. The van der Waals surface area contributed by atoms with Crippen LogP contribution in [0.15, 0.2) is 24.3 Å². The first-order valence-electron chi connectivity index (χ1n) is 9.50. The lowest BCUT2D eigenvalue weighted by Crippen LogP contribution is -2.44. The van der Waals surface area contributed by atoms with E-state index in [1.807, 2.05) is 17.0 Å². The van der Waals surface area contributed by atoms with E-state index in [0.29, 0.717) is 43.8 Å². The van der Waals surface area contributed by atoms with Crippen molar-refractivity contribution in [3.63, 3.8) is 0 Å². The quantitative estimate of drug-likeness (QED) is 0.874. The van der Waals surface area contributed by atoms with Crippen LogP contribution >= 0.6 is 0 Å². The van der Waals surface area contributed by atoms with Gasteiger partial charge in [0.15, 0.2) is 0 Å². The Morgan fingerprint density at radius 3 is 2.73 bits per heavy atom. The lowest BCUT2D eigenvalue weighted by atomic mass is 9.95. The summed E-state index contributed by atoms with van der Waals surface area (Å²) in [6.45, 7) is 2.61. The third kappa shape index (κ3) is 4.75. The molecule has 0 spiro atoms. The molecule has 2 fully saturated rings. The lowest BCUT2D eigenvalue weighted by Gasteiger charge is -2.32. The molecule has 0 aromatic heterocycles. The van der Waals surface area contributed by atoms with E-state index in [1.54, 1.807) is 19.2 Å². The van der Waals surface area contributed by atoms with Gasteiger partial charge in [0.05, 0.1) is 13.2 Å². The van der Waals surface area contributed by atoms with Crippen molar-refractivity contribution in [2.45, 2.75) is 38.2 Å². The van der Waals surface area contributed by atoms with Gasteiger partial charge >= 0.3 is 0 Å². The van der Waals surface area contributed by atoms with Gasteiger partial charge in [-0.3, -0.25) is 9.59 Å². The first-order valence-corrected chi connectivity index (χ1v) is 9.50. The minimum absolute atomic E-state index is 0.00152. The summed E-state index contributed by atoms with van der Waals surface area (Å²) in [4.78, 5) is 26.8. The Morgan fingerprint density at radius 1 is 1.23 bits per heavy atom. The molecule has 0 radical (unpaired) electrons. The van der Waals surface area contributed by atoms with E-state index < -0.39 is 0 Å². The van der Waals surface area contributed by atoms with E-state index in [9.17, 15) is 9.59 Å². The number of benzene rings is 1. The number of nitrogens with zero attached hydrogens (tertiary/aromatic N) is 1. The Labute approximate surface area is 154 Å². The van der Waals surface area contributed by atoms with Crippen molar-refractivity contribution < 1.29 is 19.1 Å². The number of likely N-dealkylation sites (tertiary alicyclic amines) is 1. The molecule has 2 amide bonds. The van der Waals surface area contributed by atoms with Gasteiger partial charge in [0.2, 0.25) is 5.91 Å². The van der Waals surface area contributed by atoms with Crippen molar-refractivity contribution in [1.82, 2.24) is 10.2 Å². The van der Waals surface area contributed by atoms with Crippen LogP contribution in [0.3, 0.4) is 0 Å². The van der Waals surface area contributed by atoms with E-state index in [1.165, 1.54) is 6.42 Å². The van der Waals surface area contributed by atoms with E-state index in [2.05, 4.69) is 5.32 Å². The van der Waals surface area contributed by atoms with E-state index in [0.717, 1.165) is 19.4 Å². The molecule has 3 rings (SSSR count). The number of methoxy groups -OCH3 is 1. The summed E-state index contributed by atoms with van der Waals surface area (Å²) < 4.78 is 10.8. The maximum atomic E-state index is 12.6. The summed E-state index contributed by atoms with van der Waals surface area (Å²) in [5.41, 5.74) is 0.627. The van der Waals surface area contributed by atoms with Crippen LogP contribution in [0.5, 0.6) is 5.75 Å². The lowest BCUT2D eigenvalue weighted by molar-refractivity contribution is -0.127. The standard InChI is InChI=1S/C20H28N2O4/c1-25-17-7-4-5-16(13-17)20(24)22-10-8-15(9-11-22)19(23)21-14-18-6-2-3-12-26-18/h4-5,7,13,15,18H,2-3,6,8-12,14H2,1H3,(H,21,23). The maximum absolute atomic E-state index is 12.6. The molecule has 6 nitrogen and oxygen atoms in total. The number of piperidine rings is 1. The van der Waals surface area contributed by atoms with Crippen molar-refractivity contribution in [2.24, 2.45) is 5.92 Å². The molecule has 0 saturated carbocycles. The highest BCUT2D eigenvalue weighted by molar-refractivity contribution is 5.94. The molecule has 1 aromatic carbocycles. The van der Waals surface area contributed by atoms with E-state index in [4.69, 9.17) is 9.47 Å². The molecule has 142 valence electrons. The molecule has 6 heteroatoms. The zero-order valence-corrected chi connectivity index (χ0v) is 15.4. The zero-order chi connectivity index (χ0) is 18.4. The predicted molar refractivity (Wildman–Crippen MR) is 98.2 cm³/mol. The molecule has 1 aromatic rings. The molecule has 26 heavy (non-hydrogen) atoms. The molecule has 2 aliphatic heterocycles. The average Bonchev–Trinajstić information content (AvgIpc) is 2.72. The minimum Gasteiger partial charge on any atom is -0.497 e. The Kier molecular flexibility index (Phi) is 6.50. The number of carbonyl (C=O) groups is 2. The van der Waals surface area contributed by atoms with Crippen LogP contribution in [0, 0.1) is 5.92 Å². The molecule has 1 unspecified atom stereocenters. The highest BCUT2D eigenvalue weighted by atomic mass is 16.5. The second-order valence-electron chi connectivity index (χ2n) is 7.03. The highest BCUT2D eigenvalue weighted by Gasteiger charge is 2.28. The number of ether oxygens (including phenoxy) is 2. The second kappa shape index (κ2) is 9.03. The van der Waals surface area contributed by atoms with Gasteiger partial charge in [-0.15, -0.1) is 0 Å². The number of rotatable bonds is 5. The highest BCUT2D eigenvalue weighted by Crippen LogP contribution is 2.21. The smallest absolute Gasteiger partial charge is 0.253 e. The molecule has 1 atom stereocenters. The summed E-state index contributed by atoms with van der Waals surface area (Å²) in [5.74, 6) is 0.744. The van der Waals surface area contributed by atoms with Crippen molar-refractivity contribution >= 4 is 11.8 Å². The monoisotopic (exact) mass is 360 g/mol. The Morgan fingerprint density at radius 2 is 2.04 bits per heavy atom. The molecular formula is C20H28N2O4. The first kappa shape index (κ1) is 18.7. The first-order chi connectivity index (χ1) is 12.7. The van der Waals surface area contributed by atoms with Crippen LogP contribution < -0.4 is 10.1 Å². The summed E-state index contributed by atoms with van der Waals surface area (Å²) in [5, 5.41) is 3.03. The van der Waals surface area contributed by atoms with Gasteiger partial charge in [0.25, 0.3) is 5.91 Å². The molecule has 0 aliphatic carbocycles. The summed E-state index contributed by atoms with van der Waals surface area (Å²) >= 11 is 0. The number of hydrogen-bond acceptors (Lipinski definition) is 4. The fraction of sp³-hybridized carbons (Fsp3) is 0.600. The number of amides is 2. The van der Waals surface area contributed by atoms with Gasteiger partial charge in [-0.05, 0) is 50.3 Å². The predicted octanol–water partition coefficient (Wildman–Crippen LogP) is 2.23. The van der Waals surface area contributed by atoms with Gasteiger partial charge in [0, 0.05) is 37.7 Å². The van der Waals surface area contributed by atoms with Crippen molar-refractivity contribution in [2.75, 3.05) is 33.4 Å². The fourth-order valence-electron chi connectivity index (χ4n) is 3.61. The summed E-state index contributed by atoms with van der Waals surface area (Å²) in [6.07, 6.45) is 4.87. The van der Waals surface area contributed by atoms with Crippen molar-refractivity contribution in [1.29, 1.82) is 0 Å². The fourth-order valence-corrected chi connectivity index (χ4v) is 3.61. The van der Waals surface area contributed by atoms with Crippen molar-refractivity contribution in [3.8, 4) is 5.75 Å². The molecule has 1 N–H and O–H groups in total. The van der Waals surface area contributed by atoms with Gasteiger partial charge in [0.1, 0.15) is 5.75 Å². The number of hydrogen-bond donors (Lipinski definition) is 1. The molecular weight excluding hydrogens is 332 g/mol. The largest absolute Gasteiger partial charge is 0.497 e. The van der Waals surface area contributed by atoms with Crippen LogP contribution in [0.4, 0.5) is 0 Å². The number of carbonyl (C=O) groups excluding carboxylic acids is 2. The Balaban J connectivity index is 1.45. The molecule has 2 saturated heterocycles. The molecule has 2 heterocycles. The summed E-state index contributed by atoms with van der Waals surface area (Å²) in [7, 11) is 1.59. The SMILES string of the molecule is COc1cccc(C(=O)N2CCC(C(=O)NCC3CCCCO3)CC2)c1. The molecule has 2 aliphatic rings. The third-order valence-corrected chi connectivity index (χ3v) is 5.25. The Hall–Kier alpha value is -2.08. The van der Waals surface area contributed by atoms with Crippen LogP contribution in [0.25, 0.3) is 0 Å². The van der Waals surface area contributed by atoms with Gasteiger partial charge in [-0.1, -0.05) is 6.07 Å². The van der Waals surface area contributed by atoms with Crippen LogP contribution in [0.1, 0.15) is 42.5 Å². The topological polar surface area (TPSA) is 67.9 Å². The van der Waals surface area contributed by atoms with Gasteiger partial charge in [-0.2, -0.15) is 0 Å². The normalized spacial score (nSPS) is 21.3. The van der Waals surface area contributed by atoms with E-state index >= 15 is 0 Å². The maximum Gasteiger partial charge on any atom is 0.253 e. The minimum atomic E-state index is -0.0204. The van der Waals surface area contributed by atoms with Crippen LogP contribution in [0.2, 0.25) is 0 Å². The van der Waals surface area contributed by atoms with E-state index in [-0.39, 0.29) is 23.8 Å². The van der Waals surface area contributed by atoms with Gasteiger partial charge < -0.3 is 19.7 Å².